The number of carbonyl (C=O) groups is 2. The third-order valence-electron chi connectivity index (χ3n) is 5.07. The van der Waals surface area contributed by atoms with Gasteiger partial charge in [-0.3, -0.25) is 9.59 Å². The van der Waals surface area contributed by atoms with E-state index in [1.807, 2.05) is 31.2 Å². The van der Waals surface area contributed by atoms with Gasteiger partial charge in [-0.05, 0) is 35.6 Å². The molecule has 0 saturated carbocycles. The van der Waals surface area contributed by atoms with Crippen LogP contribution in [0.2, 0.25) is 10.0 Å². The number of hydrogen-bond acceptors (Lipinski definition) is 3. The number of amides is 2. The summed E-state index contributed by atoms with van der Waals surface area (Å²) in [5.41, 5.74) is 1.46. The normalized spacial score (nSPS) is 12.2. The fraction of sp³-hybridized carbons (Fsp3) is 0.417. The molecule has 5 nitrogen and oxygen atoms in total. The van der Waals surface area contributed by atoms with Gasteiger partial charge < -0.3 is 15.0 Å². The van der Waals surface area contributed by atoms with Crippen molar-refractivity contribution in [2.75, 3.05) is 13.7 Å². The Morgan fingerprint density at radius 1 is 1.06 bits per heavy atom. The molecule has 1 atom stereocenters. The molecule has 0 aromatic heterocycles. The molecule has 2 rings (SSSR count). The molecule has 0 bridgehead atoms. The van der Waals surface area contributed by atoms with Gasteiger partial charge in [-0.2, -0.15) is 0 Å². The van der Waals surface area contributed by atoms with Gasteiger partial charge >= 0.3 is 0 Å². The van der Waals surface area contributed by atoms with Gasteiger partial charge in [0.2, 0.25) is 5.91 Å². The average molecular weight is 465 g/mol. The van der Waals surface area contributed by atoms with Crippen molar-refractivity contribution in [1.29, 1.82) is 0 Å². The summed E-state index contributed by atoms with van der Waals surface area (Å²) < 4.78 is 5.92. The Hall–Kier alpha value is -2.24. The lowest BCUT2D eigenvalue weighted by Crippen LogP contribution is -2.49. The first kappa shape index (κ1) is 25.0. The quantitative estimate of drug-likeness (QED) is 0.582. The van der Waals surface area contributed by atoms with Crippen molar-refractivity contribution in [3.8, 4) is 5.75 Å². The highest BCUT2D eigenvalue weighted by Gasteiger charge is 2.30. The predicted molar refractivity (Wildman–Crippen MR) is 126 cm³/mol. The van der Waals surface area contributed by atoms with Crippen molar-refractivity contribution in [2.45, 2.75) is 52.1 Å². The summed E-state index contributed by atoms with van der Waals surface area (Å²) in [7, 11) is 1.55. The van der Waals surface area contributed by atoms with E-state index in [9.17, 15) is 9.59 Å². The molecule has 2 amide bonds. The highest BCUT2D eigenvalue weighted by molar-refractivity contribution is 6.36. The van der Waals surface area contributed by atoms with Gasteiger partial charge in [0.15, 0.2) is 6.61 Å². The number of nitrogens with zero attached hydrogens (tertiary/aromatic N) is 1. The fourth-order valence-corrected chi connectivity index (χ4v) is 3.89. The summed E-state index contributed by atoms with van der Waals surface area (Å²) >= 11 is 12.7. The number of nitrogens with one attached hydrogen (secondary N) is 1. The highest BCUT2D eigenvalue weighted by Crippen LogP contribution is 2.31. The number of halogens is 2. The molecule has 0 aliphatic heterocycles. The number of carbonyl (C=O) groups excluding carboxylic acids is 2. The first-order valence-corrected chi connectivity index (χ1v) is 11.0. The van der Waals surface area contributed by atoms with Crippen LogP contribution in [0.5, 0.6) is 5.75 Å². The molecule has 1 N–H and O–H groups in total. The lowest BCUT2D eigenvalue weighted by molar-refractivity contribution is -0.142. The predicted octanol–water partition coefficient (Wildman–Crippen LogP) is 5.22. The van der Waals surface area contributed by atoms with Crippen molar-refractivity contribution in [2.24, 2.45) is 0 Å². The number of benzene rings is 2. The van der Waals surface area contributed by atoms with E-state index < -0.39 is 6.04 Å². The van der Waals surface area contributed by atoms with Crippen LogP contribution in [0.4, 0.5) is 0 Å². The van der Waals surface area contributed by atoms with Gasteiger partial charge in [0, 0.05) is 29.2 Å². The Morgan fingerprint density at radius 2 is 1.68 bits per heavy atom. The minimum absolute atomic E-state index is 0.105. The van der Waals surface area contributed by atoms with Crippen molar-refractivity contribution in [1.82, 2.24) is 10.2 Å². The van der Waals surface area contributed by atoms with Crippen LogP contribution in [0.1, 0.15) is 45.2 Å². The van der Waals surface area contributed by atoms with Crippen LogP contribution in [0.25, 0.3) is 0 Å². The maximum absolute atomic E-state index is 13.3. The summed E-state index contributed by atoms with van der Waals surface area (Å²) in [5.74, 6) is 0.0660. The third kappa shape index (κ3) is 6.37. The largest absolute Gasteiger partial charge is 0.483 e. The summed E-state index contributed by atoms with van der Waals surface area (Å²) in [6, 6.07) is 12.1. The van der Waals surface area contributed by atoms with Crippen LogP contribution in [-0.4, -0.2) is 36.4 Å². The van der Waals surface area contributed by atoms with E-state index in [-0.39, 0.29) is 30.4 Å². The van der Waals surface area contributed by atoms with E-state index in [4.69, 9.17) is 27.9 Å². The minimum Gasteiger partial charge on any atom is -0.483 e. The van der Waals surface area contributed by atoms with Gasteiger partial charge in [-0.25, -0.2) is 0 Å². The molecule has 1 unspecified atom stereocenters. The Morgan fingerprint density at radius 3 is 2.23 bits per heavy atom. The van der Waals surface area contributed by atoms with Gasteiger partial charge in [0.1, 0.15) is 11.8 Å². The number of hydrogen-bond donors (Lipinski definition) is 1. The molecule has 2 aromatic carbocycles. The second kappa shape index (κ2) is 10.9. The molecule has 0 saturated heterocycles. The SMILES string of the molecule is CCC(C(=O)NC)N(Cc1c(Cl)cccc1Cl)C(=O)COc1ccccc1C(C)(C)C. The molecule has 31 heavy (non-hydrogen) atoms. The lowest BCUT2D eigenvalue weighted by Gasteiger charge is -2.31. The van der Waals surface area contributed by atoms with Crippen molar-refractivity contribution in [3.63, 3.8) is 0 Å². The van der Waals surface area contributed by atoms with E-state index in [2.05, 4.69) is 26.1 Å². The summed E-state index contributed by atoms with van der Waals surface area (Å²) in [6.07, 6.45) is 0.437. The smallest absolute Gasteiger partial charge is 0.261 e. The van der Waals surface area contributed by atoms with Gasteiger partial charge in [0.05, 0.1) is 0 Å². The Labute approximate surface area is 194 Å². The Kier molecular flexibility index (Phi) is 8.78. The lowest BCUT2D eigenvalue weighted by atomic mass is 9.86. The fourth-order valence-electron chi connectivity index (χ4n) is 3.37. The first-order valence-electron chi connectivity index (χ1n) is 10.3. The maximum atomic E-state index is 13.3. The molecule has 0 aliphatic rings. The maximum Gasteiger partial charge on any atom is 0.261 e. The zero-order chi connectivity index (χ0) is 23.2. The molecule has 7 heteroatoms. The van der Waals surface area contributed by atoms with Crippen LogP contribution >= 0.6 is 23.2 Å². The van der Waals surface area contributed by atoms with Crippen LogP contribution in [-0.2, 0) is 21.5 Å². The molecule has 0 spiro atoms. The number of rotatable bonds is 8. The molecule has 0 radical (unpaired) electrons. The summed E-state index contributed by atoms with van der Waals surface area (Å²) in [4.78, 5) is 27.2. The molecule has 0 heterocycles. The first-order chi connectivity index (χ1) is 14.6. The Balaban J connectivity index is 2.32. The second-order valence-corrected chi connectivity index (χ2v) is 9.11. The van der Waals surface area contributed by atoms with Gasteiger partial charge in [-0.1, -0.05) is 75.2 Å². The van der Waals surface area contributed by atoms with Crippen molar-refractivity contribution >= 4 is 35.0 Å². The number of para-hydroxylation sites is 1. The molecule has 0 aliphatic carbocycles. The van der Waals surface area contributed by atoms with Crippen LogP contribution in [0, 0.1) is 0 Å². The van der Waals surface area contributed by atoms with E-state index in [0.29, 0.717) is 27.8 Å². The van der Waals surface area contributed by atoms with Crippen LogP contribution in [0.15, 0.2) is 42.5 Å². The highest BCUT2D eigenvalue weighted by atomic mass is 35.5. The summed E-state index contributed by atoms with van der Waals surface area (Å²) in [6.45, 7) is 8.00. The summed E-state index contributed by atoms with van der Waals surface area (Å²) in [5, 5.41) is 3.51. The van der Waals surface area contributed by atoms with Crippen molar-refractivity contribution in [3.05, 3.63) is 63.6 Å². The monoisotopic (exact) mass is 464 g/mol. The van der Waals surface area contributed by atoms with Gasteiger partial charge in [0.25, 0.3) is 5.91 Å². The minimum atomic E-state index is -0.675. The van der Waals surface area contributed by atoms with Crippen LogP contribution < -0.4 is 10.1 Å². The Bertz CT molecular complexity index is 905. The van der Waals surface area contributed by atoms with E-state index >= 15 is 0 Å². The average Bonchev–Trinajstić information content (AvgIpc) is 2.73. The van der Waals surface area contributed by atoms with Crippen LogP contribution in [0.3, 0.4) is 0 Å². The van der Waals surface area contributed by atoms with Gasteiger partial charge in [-0.15, -0.1) is 0 Å². The van der Waals surface area contributed by atoms with E-state index in [0.717, 1.165) is 5.56 Å². The zero-order valence-corrected chi connectivity index (χ0v) is 20.2. The van der Waals surface area contributed by atoms with Crippen molar-refractivity contribution < 1.29 is 14.3 Å². The third-order valence-corrected chi connectivity index (χ3v) is 5.78. The van der Waals surface area contributed by atoms with E-state index in [1.54, 1.807) is 25.2 Å². The molecule has 168 valence electrons. The van der Waals surface area contributed by atoms with E-state index in [1.165, 1.54) is 4.90 Å². The second-order valence-electron chi connectivity index (χ2n) is 8.29. The zero-order valence-electron chi connectivity index (χ0n) is 18.7. The number of likely N-dealkylation sites (N-methyl/N-ethyl adjacent to an activating group) is 1. The topological polar surface area (TPSA) is 58.6 Å². The molecular formula is C24H30Cl2N2O3. The number of ether oxygens (including phenoxy) is 1. The molecule has 2 aromatic rings. The molecule has 0 fully saturated rings. The standard InChI is InChI=1S/C24H30Cl2N2O3/c1-6-20(23(30)27-5)28(14-16-18(25)11-9-12-19(16)26)22(29)15-31-21-13-8-7-10-17(21)24(2,3)4/h7-13,20H,6,14-15H2,1-5H3,(H,27,30). The molecular weight excluding hydrogens is 435 g/mol.